The molecule has 0 spiro atoms. The Morgan fingerprint density at radius 3 is 0.323 bits per heavy atom. The minimum absolute atomic E-state index is 0. The predicted octanol–water partition coefficient (Wildman–Crippen LogP) is -8.89. The van der Waals surface area contributed by atoms with Gasteiger partial charge in [0.2, 0.25) is 0 Å². The van der Waals surface area contributed by atoms with Gasteiger partial charge in [0.15, 0.2) is 0 Å². The van der Waals surface area contributed by atoms with Crippen LogP contribution in [0.15, 0.2) is 0 Å². The third-order valence-electron chi connectivity index (χ3n) is 0. The molecule has 0 heterocycles. The zero-order valence-electron chi connectivity index (χ0n) is 17.7. The summed E-state index contributed by atoms with van der Waals surface area (Å²) in [5.74, 6) is -7.58. The van der Waals surface area contributed by atoms with Gasteiger partial charge in [-0.2, -0.15) is 0 Å². The van der Waals surface area contributed by atoms with E-state index in [2.05, 4.69) is 0 Å². The number of hydrogen-bond donors (Lipinski definition) is 0. The molecule has 1 N–H and O–H groups in total. The molecule has 0 bridgehead atoms. The molecule has 0 aromatic heterocycles. The molecule has 15 nitrogen and oxygen atoms in total. The summed E-state index contributed by atoms with van der Waals surface area (Å²) in [6.07, 6.45) is 0. The molecule has 31 heavy (non-hydrogen) atoms. The van der Waals surface area contributed by atoms with E-state index in [4.69, 9.17) is 69.3 Å². The van der Waals surface area contributed by atoms with Crippen LogP contribution in [0.1, 0.15) is 48.5 Å². The number of carboxylic acid groups (broad SMARTS) is 7. The van der Waals surface area contributed by atoms with Gasteiger partial charge >= 0.3 is 52.4 Å². The van der Waals surface area contributed by atoms with Crippen molar-refractivity contribution in [3.8, 4) is 0 Å². The van der Waals surface area contributed by atoms with E-state index >= 15 is 0 Å². The van der Waals surface area contributed by atoms with Crippen molar-refractivity contribution >= 4 is 41.8 Å². The molecule has 0 saturated heterocycles. The number of carboxylic acids is 7. The Morgan fingerprint density at radius 1 is 0.323 bits per heavy atom. The molecule has 0 aromatic rings. The summed E-state index contributed by atoms with van der Waals surface area (Å²) in [6.45, 7) is 6.81. The number of carbonyl (C=O) groups is 7. The number of carbonyl (C=O) groups excluding carboxylic acids is 7. The van der Waals surface area contributed by atoms with E-state index in [0.29, 0.717) is 0 Å². The van der Waals surface area contributed by atoms with Gasteiger partial charge in [-0.3, -0.25) is 0 Å². The van der Waals surface area contributed by atoms with Crippen LogP contribution in [0.3, 0.4) is 0 Å². The molecule has 0 aromatic carbocycles. The van der Waals surface area contributed by atoms with Crippen molar-refractivity contribution in [3.05, 3.63) is 0 Å². The van der Waals surface area contributed by atoms with Crippen LogP contribution in [0, 0.1) is 0 Å². The van der Waals surface area contributed by atoms with Gasteiger partial charge < -0.3 is 74.8 Å². The molecule has 176 valence electrons. The molecule has 0 aliphatic heterocycles. The summed E-state index contributed by atoms with van der Waals surface area (Å²) in [5, 5.41) is 62.2. The van der Waals surface area contributed by atoms with Crippen molar-refractivity contribution in [2.45, 2.75) is 48.5 Å². The van der Waals surface area contributed by atoms with Gasteiger partial charge in [0.25, 0.3) is 0 Å². The van der Waals surface area contributed by atoms with Crippen molar-refractivity contribution in [2.24, 2.45) is 0 Å². The van der Waals surface area contributed by atoms with Crippen LogP contribution in [0.2, 0.25) is 0 Å². The van der Waals surface area contributed by atoms with E-state index in [9.17, 15) is 0 Å². The van der Waals surface area contributed by atoms with Gasteiger partial charge in [-0.15, -0.1) is 0 Å². The van der Waals surface area contributed by atoms with E-state index in [1.165, 1.54) is 0 Å². The Bertz CT molecular complexity index is 319. The molecule has 0 aliphatic rings. The quantitative estimate of drug-likeness (QED) is 0.245. The van der Waals surface area contributed by atoms with Crippen molar-refractivity contribution in [3.63, 3.8) is 0 Å². The Balaban J connectivity index is -0.0000000204. The van der Waals surface area contributed by atoms with E-state index in [1.54, 1.807) is 0 Å². The average molecular weight is 613 g/mol. The molecule has 0 saturated carbocycles. The Kier molecular flexibility index (Phi) is 115. The zero-order chi connectivity index (χ0) is 25.0. The first-order chi connectivity index (χ1) is 12.1. The van der Waals surface area contributed by atoms with Crippen molar-refractivity contribution in [1.82, 2.24) is 0 Å². The van der Waals surface area contributed by atoms with Crippen LogP contribution in [0.4, 0.5) is 0 Å². The Hall–Kier alpha value is -1.98. The molecule has 0 atom stereocenters. The maximum absolute atomic E-state index is 8.89. The van der Waals surface area contributed by atoms with Crippen molar-refractivity contribution in [2.75, 3.05) is 0 Å². The van der Waals surface area contributed by atoms with Crippen LogP contribution < -0.4 is 35.7 Å². The van der Waals surface area contributed by atoms with Gasteiger partial charge in [-0.05, 0) is 48.5 Å². The minimum Gasteiger partial charge on any atom is -0.870 e. The Labute approximate surface area is 216 Å². The first-order valence-corrected chi connectivity index (χ1v) is 6.36. The first-order valence-electron chi connectivity index (χ1n) is 6.36. The second-order valence-corrected chi connectivity index (χ2v) is 3.44. The van der Waals surface area contributed by atoms with Crippen LogP contribution >= 0.6 is 0 Å². The van der Waals surface area contributed by atoms with Crippen molar-refractivity contribution in [1.29, 1.82) is 0 Å². The topological polar surface area (TPSA) is 311 Å². The maximum Gasteiger partial charge on any atom is 4.00 e. The van der Waals surface area contributed by atoms with Crippen LogP contribution in [0.25, 0.3) is 0 Å². The molecule has 0 amide bonds. The summed E-state index contributed by atoms with van der Waals surface area (Å²) < 4.78 is 0. The van der Waals surface area contributed by atoms with Gasteiger partial charge in [-0.25, -0.2) is 0 Å². The smallest absolute Gasteiger partial charge is 0.870 e. The normalized spacial score (nSPS) is 5.65. The number of rotatable bonds is 0. The van der Waals surface area contributed by atoms with Gasteiger partial charge in [0.05, 0.1) is 0 Å². The largest absolute Gasteiger partial charge is 4.00 e. The maximum atomic E-state index is 8.89. The zero-order valence-corrected chi connectivity index (χ0v) is 22.6. The van der Waals surface area contributed by atoms with Crippen LogP contribution in [-0.4, -0.2) is 47.3 Å². The SMILES string of the molecule is CC(=O)[O-].CC(=O)[O-].CC(=O)[O-].CC(=O)[O-].CC(=O)[O-].CC(=O)[O-].CC(=O)[O-].[OH-].[Zr+4].[Zr+4]. The summed E-state index contributed by atoms with van der Waals surface area (Å²) in [7, 11) is 0. The molecule has 0 rings (SSSR count). The van der Waals surface area contributed by atoms with Gasteiger partial charge in [-0.1, -0.05) is 0 Å². The fraction of sp³-hybridized carbons (Fsp3) is 0.500. The fourth-order valence-corrected chi connectivity index (χ4v) is 0. The molecule has 0 aliphatic carbocycles. The van der Waals surface area contributed by atoms with Crippen LogP contribution in [0.5, 0.6) is 0 Å². The van der Waals surface area contributed by atoms with Gasteiger partial charge in [0.1, 0.15) is 0 Å². The molecular weight excluding hydrogens is 591 g/mol. The molecule has 0 fully saturated rings. The second kappa shape index (κ2) is 56.5. The van der Waals surface area contributed by atoms with E-state index in [-0.39, 0.29) is 57.9 Å². The van der Waals surface area contributed by atoms with E-state index in [0.717, 1.165) is 48.5 Å². The molecule has 0 radical (unpaired) electrons. The summed E-state index contributed by atoms with van der Waals surface area (Å²) >= 11 is 0. The number of hydrogen-bond acceptors (Lipinski definition) is 15. The summed E-state index contributed by atoms with van der Waals surface area (Å²) in [5.41, 5.74) is 0. The monoisotopic (exact) mass is 610 g/mol. The van der Waals surface area contributed by atoms with E-state index in [1.807, 2.05) is 0 Å². The predicted molar refractivity (Wildman–Crippen MR) is 76.7 cm³/mol. The summed E-state index contributed by atoms with van der Waals surface area (Å²) in [4.78, 5) is 62.2. The van der Waals surface area contributed by atoms with Gasteiger partial charge in [0, 0.05) is 41.8 Å². The van der Waals surface area contributed by atoms with E-state index < -0.39 is 41.8 Å². The summed E-state index contributed by atoms with van der Waals surface area (Å²) in [6, 6.07) is 0. The first kappa shape index (κ1) is 63.0. The third kappa shape index (κ3) is 4820. The fourth-order valence-electron chi connectivity index (χ4n) is 0. The molecule has 0 unspecified atom stereocenters. The molecule has 17 heteroatoms. The second-order valence-electron chi connectivity index (χ2n) is 3.44. The van der Waals surface area contributed by atoms with Crippen LogP contribution in [-0.2, 0) is 86.0 Å². The Morgan fingerprint density at radius 2 is 0.323 bits per heavy atom. The third-order valence-corrected chi connectivity index (χ3v) is 0. The number of aliphatic carboxylic acids is 7. The standard InChI is InChI=1S/7C2H4O2.H2O.2Zr/c7*1-2(3)4;;;/h7*1H3,(H,3,4);1H2;;/q;;;;;;;;2*+4/p-8. The minimum atomic E-state index is -1.08. The average Bonchev–Trinajstić information content (AvgIpc) is 2.20. The van der Waals surface area contributed by atoms with Crippen molar-refractivity contribution < 1.29 is 127 Å². The molecular formula is C14H22O15Zr2.